The number of piperazine rings is 1. The molecule has 8 heteroatoms. The van der Waals surface area contributed by atoms with Gasteiger partial charge >= 0.3 is 0 Å². The van der Waals surface area contributed by atoms with E-state index in [0.29, 0.717) is 29.2 Å². The molecule has 4 rings (SSSR count). The second-order valence-electron chi connectivity index (χ2n) is 8.21. The van der Waals surface area contributed by atoms with Crippen molar-refractivity contribution in [2.24, 2.45) is 0 Å². The number of rotatable bonds is 7. The molecule has 1 aliphatic heterocycles. The Morgan fingerprint density at radius 1 is 1.27 bits per heavy atom. The third-order valence-electron chi connectivity index (χ3n) is 5.61. The number of amides is 1. The molecule has 0 atom stereocenters. The number of nitrogens with zero attached hydrogens (tertiary/aromatic N) is 5. The highest BCUT2D eigenvalue weighted by molar-refractivity contribution is 6.06. The van der Waals surface area contributed by atoms with Crippen LogP contribution in [-0.2, 0) is 0 Å². The lowest BCUT2D eigenvalue weighted by molar-refractivity contribution is 0.0951. The van der Waals surface area contributed by atoms with E-state index >= 15 is 0 Å². The first-order valence-electron chi connectivity index (χ1n) is 10.6. The Morgan fingerprint density at radius 3 is 2.77 bits per heavy atom. The maximum Gasteiger partial charge on any atom is 0.252 e. The van der Waals surface area contributed by atoms with Gasteiger partial charge in [-0.2, -0.15) is 5.10 Å². The maximum atomic E-state index is 13.0. The van der Waals surface area contributed by atoms with Gasteiger partial charge < -0.3 is 19.5 Å². The van der Waals surface area contributed by atoms with Crippen LogP contribution in [0.4, 0.5) is 0 Å². The van der Waals surface area contributed by atoms with E-state index in [-0.39, 0.29) is 11.9 Å². The summed E-state index contributed by atoms with van der Waals surface area (Å²) in [5.41, 5.74) is 1.91. The summed E-state index contributed by atoms with van der Waals surface area (Å²) < 4.78 is 7.36. The first-order valence-corrected chi connectivity index (χ1v) is 10.6. The van der Waals surface area contributed by atoms with Crippen LogP contribution < -0.4 is 5.32 Å². The Bertz CT molecular complexity index is 987. The second kappa shape index (κ2) is 8.97. The molecule has 0 aliphatic carbocycles. The van der Waals surface area contributed by atoms with Crippen LogP contribution in [0.5, 0.6) is 0 Å². The number of aromatic nitrogens is 3. The lowest BCUT2D eigenvalue weighted by Crippen LogP contribution is -2.45. The number of hydrogen-bond acceptors (Lipinski definition) is 6. The summed E-state index contributed by atoms with van der Waals surface area (Å²) in [6.45, 7) is 10.1. The maximum absolute atomic E-state index is 13.0. The van der Waals surface area contributed by atoms with E-state index in [0.717, 1.165) is 44.5 Å². The fourth-order valence-electron chi connectivity index (χ4n) is 3.81. The first-order chi connectivity index (χ1) is 14.5. The molecule has 0 aromatic carbocycles. The van der Waals surface area contributed by atoms with Crippen molar-refractivity contribution in [3.8, 4) is 11.5 Å². The van der Waals surface area contributed by atoms with Crippen LogP contribution in [0.25, 0.3) is 22.5 Å². The van der Waals surface area contributed by atoms with Crippen molar-refractivity contribution in [1.82, 2.24) is 29.9 Å². The van der Waals surface area contributed by atoms with E-state index in [1.807, 2.05) is 30.7 Å². The number of furan rings is 1. The van der Waals surface area contributed by atoms with Gasteiger partial charge in [-0.05, 0) is 52.1 Å². The normalized spacial score (nSPS) is 15.9. The van der Waals surface area contributed by atoms with Crippen molar-refractivity contribution in [3.63, 3.8) is 0 Å². The summed E-state index contributed by atoms with van der Waals surface area (Å²) >= 11 is 0. The molecule has 1 saturated heterocycles. The van der Waals surface area contributed by atoms with E-state index in [1.165, 1.54) is 0 Å². The molecule has 1 fully saturated rings. The molecule has 1 aliphatic rings. The Balaban J connectivity index is 1.48. The average Bonchev–Trinajstić information content (AvgIpc) is 3.41. The summed E-state index contributed by atoms with van der Waals surface area (Å²) in [7, 11) is 2.16. The van der Waals surface area contributed by atoms with Gasteiger partial charge in [0.25, 0.3) is 5.91 Å². The van der Waals surface area contributed by atoms with Crippen molar-refractivity contribution in [3.05, 3.63) is 36.2 Å². The molecule has 0 saturated carbocycles. The van der Waals surface area contributed by atoms with Gasteiger partial charge in [0.15, 0.2) is 11.4 Å². The Kier molecular flexibility index (Phi) is 6.15. The fourth-order valence-corrected chi connectivity index (χ4v) is 3.81. The number of pyridine rings is 1. The summed E-state index contributed by atoms with van der Waals surface area (Å²) in [6, 6.07) is 5.60. The summed E-state index contributed by atoms with van der Waals surface area (Å²) in [5.74, 6) is 0.536. The van der Waals surface area contributed by atoms with Crippen molar-refractivity contribution in [2.75, 3.05) is 46.3 Å². The predicted molar refractivity (Wildman–Crippen MR) is 117 cm³/mol. The standard InChI is InChI=1S/C22H30N6O2/c1-16(2)28-21-18(15-24-28)17(14-19(25-21)20-6-4-13-30-20)22(29)23-7-5-8-27-11-9-26(3)10-12-27/h4,6,13-16H,5,7-12H2,1-3H3,(H,23,29). The summed E-state index contributed by atoms with van der Waals surface area (Å²) in [5, 5.41) is 8.30. The Labute approximate surface area is 176 Å². The minimum atomic E-state index is -0.100. The summed E-state index contributed by atoms with van der Waals surface area (Å²) in [4.78, 5) is 22.6. The fraction of sp³-hybridized carbons (Fsp3) is 0.500. The van der Waals surface area contributed by atoms with Crippen LogP contribution in [-0.4, -0.2) is 76.8 Å². The molecule has 160 valence electrons. The van der Waals surface area contributed by atoms with Gasteiger partial charge in [-0.3, -0.25) is 4.79 Å². The van der Waals surface area contributed by atoms with Gasteiger partial charge in [-0.25, -0.2) is 9.67 Å². The van der Waals surface area contributed by atoms with Crippen molar-refractivity contribution >= 4 is 16.9 Å². The van der Waals surface area contributed by atoms with Crippen molar-refractivity contribution < 1.29 is 9.21 Å². The second-order valence-corrected chi connectivity index (χ2v) is 8.21. The SMILES string of the molecule is CC(C)n1ncc2c(C(=O)NCCCN3CCN(C)CC3)cc(-c3ccco3)nc21. The number of carbonyl (C=O) groups is 1. The predicted octanol–water partition coefficient (Wildman–Crippen LogP) is 2.64. The Hall–Kier alpha value is -2.71. The summed E-state index contributed by atoms with van der Waals surface area (Å²) in [6.07, 6.45) is 4.27. The van der Waals surface area contributed by atoms with Crippen molar-refractivity contribution in [1.29, 1.82) is 0 Å². The molecule has 0 radical (unpaired) electrons. The minimum absolute atomic E-state index is 0.100. The van der Waals surface area contributed by atoms with E-state index in [4.69, 9.17) is 9.40 Å². The molecule has 3 aromatic heterocycles. The lowest BCUT2D eigenvalue weighted by atomic mass is 10.1. The quantitative estimate of drug-likeness (QED) is 0.603. The van der Waals surface area contributed by atoms with E-state index < -0.39 is 0 Å². The molecule has 1 amide bonds. The Morgan fingerprint density at radius 2 is 2.07 bits per heavy atom. The highest BCUT2D eigenvalue weighted by Gasteiger charge is 2.19. The number of carbonyl (C=O) groups excluding carboxylic acids is 1. The minimum Gasteiger partial charge on any atom is -0.463 e. The zero-order chi connectivity index (χ0) is 21.1. The molecule has 0 unspecified atom stereocenters. The van der Waals surface area contributed by atoms with Gasteiger partial charge in [0.05, 0.1) is 23.4 Å². The number of nitrogens with one attached hydrogen (secondary N) is 1. The lowest BCUT2D eigenvalue weighted by Gasteiger charge is -2.32. The van der Waals surface area contributed by atoms with Crippen LogP contribution in [0.1, 0.15) is 36.7 Å². The molecule has 8 nitrogen and oxygen atoms in total. The topological polar surface area (TPSA) is 79.4 Å². The van der Waals surface area contributed by atoms with Crippen LogP contribution in [0.2, 0.25) is 0 Å². The molecule has 1 N–H and O–H groups in total. The zero-order valence-corrected chi connectivity index (χ0v) is 18.0. The van der Waals surface area contributed by atoms with Gasteiger partial charge in [0, 0.05) is 38.8 Å². The number of likely N-dealkylation sites (N-methyl/N-ethyl adjacent to an activating group) is 1. The first kappa shape index (κ1) is 20.6. The highest BCUT2D eigenvalue weighted by Crippen LogP contribution is 2.26. The van der Waals surface area contributed by atoms with E-state index in [9.17, 15) is 4.79 Å². The average molecular weight is 411 g/mol. The van der Waals surface area contributed by atoms with Gasteiger partial charge in [-0.1, -0.05) is 0 Å². The molecule has 4 heterocycles. The van der Waals surface area contributed by atoms with Crippen LogP contribution in [0, 0.1) is 0 Å². The molecule has 0 spiro atoms. The third-order valence-corrected chi connectivity index (χ3v) is 5.61. The molecular weight excluding hydrogens is 380 g/mol. The van der Waals surface area contributed by atoms with Gasteiger partial charge in [0.2, 0.25) is 0 Å². The largest absolute Gasteiger partial charge is 0.463 e. The van der Waals surface area contributed by atoms with E-state index in [1.54, 1.807) is 18.5 Å². The zero-order valence-electron chi connectivity index (χ0n) is 18.0. The number of fused-ring (bicyclic) bond motifs is 1. The third kappa shape index (κ3) is 4.39. The van der Waals surface area contributed by atoms with Crippen molar-refractivity contribution in [2.45, 2.75) is 26.3 Å². The molecule has 30 heavy (non-hydrogen) atoms. The van der Waals surface area contributed by atoms with Crippen LogP contribution in [0.15, 0.2) is 35.1 Å². The number of hydrogen-bond donors (Lipinski definition) is 1. The van der Waals surface area contributed by atoms with Gasteiger partial charge in [-0.15, -0.1) is 0 Å². The molecule has 0 bridgehead atoms. The molecule has 3 aromatic rings. The van der Waals surface area contributed by atoms with Crippen LogP contribution in [0.3, 0.4) is 0 Å². The highest BCUT2D eigenvalue weighted by atomic mass is 16.3. The monoisotopic (exact) mass is 410 g/mol. The smallest absolute Gasteiger partial charge is 0.252 e. The molecular formula is C22H30N6O2. The van der Waals surface area contributed by atoms with Crippen LogP contribution >= 0.6 is 0 Å². The van der Waals surface area contributed by atoms with E-state index in [2.05, 4.69) is 27.3 Å². The van der Waals surface area contributed by atoms with Gasteiger partial charge in [0.1, 0.15) is 5.69 Å².